The monoisotopic (exact) mass is 222 g/mol. The van der Waals surface area contributed by atoms with Crippen LogP contribution in [0, 0.1) is 0 Å². The number of nitrogens with zero attached hydrogens (tertiary/aromatic N) is 1. The van der Waals surface area contributed by atoms with Crippen molar-refractivity contribution in [2.45, 2.75) is 19.9 Å². The maximum Gasteiger partial charge on any atom is 0.415 e. The van der Waals surface area contributed by atoms with E-state index in [2.05, 4.69) is 0 Å². The molecule has 1 rings (SSSR count). The van der Waals surface area contributed by atoms with Gasteiger partial charge in [-0.1, -0.05) is 18.2 Å². The fraction of sp³-hybridized carbons (Fsp3) is 0.417. The van der Waals surface area contributed by atoms with Crippen LogP contribution in [-0.2, 0) is 0 Å². The molecule has 0 saturated carbocycles. The predicted molar refractivity (Wildman–Crippen MR) is 63.4 cm³/mol. The highest BCUT2D eigenvalue weighted by molar-refractivity contribution is 5.70. The minimum absolute atomic E-state index is 0.0831. The molecule has 0 fully saturated rings. The van der Waals surface area contributed by atoms with E-state index >= 15 is 0 Å². The van der Waals surface area contributed by atoms with E-state index < -0.39 is 0 Å². The largest absolute Gasteiger partial charge is 0.415 e. The molecule has 0 atom stereocenters. The summed E-state index contributed by atoms with van der Waals surface area (Å²) in [5.41, 5.74) is 5.45. The van der Waals surface area contributed by atoms with Gasteiger partial charge in [0, 0.05) is 19.1 Å². The Morgan fingerprint density at radius 2 is 2.00 bits per heavy atom. The van der Waals surface area contributed by atoms with E-state index in [-0.39, 0.29) is 12.1 Å². The van der Waals surface area contributed by atoms with Crippen molar-refractivity contribution in [1.82, 2.24) is 4.90 Å². The third kappa shape index (κ3) is 3.55. The SMILES string of the molecule is CC(C)N(CCN)C(=O)Oc1ccccc1. The molecule has 0 aliphatic carbocycles. The van der Waals surface area contributed by atoms with Gasteiger partial charge in [0.15, 0.2) is 0 Å². The molecular formula is C12H18N2O2. The summed E-state index contributed by atoms with van der Waals surface area (Å²) in [7, 11) is 0. The van der Waals surface area contributed by atoms with Crippen LogP contribution >= 0.6 is 0 Å². The van der Waals surface area contributed by atoms with E-state index in [4.69, 9.17) is 10.5 Å². The van der Waals surface area contributed by atoms with Crippen LogP contribution in [0.15, 0.2) is 30.3 Å². The average molecular weight is 222 g/mol. The average Bonchev–Trinajstić information content (AvgIpc) is 2.26. The molecule has 0 heterocycles. The number of hydrogen-bond donors (Lipinski definition) is 1. The maximum absolute atomic E-state index is 11.8. The zero-order valence-electron chi connectivity index (χ0n) is 9.72. The topological polar surface area (TPSA) is 55.6 Å². The van der Waals surface area contributed by atoms with Gasteiger partial charge in [-0.05, 0) is 26.0 Å². The van der Waals surface area contributed by atoms with Crippen molar-refractivity contribution in [3.8, 4) is 5.75 Å². The lowest BCUT2D eigenvalue weighted by Crippen LogP contribution is -2.42. The summed E-state index contributed by atoms with van der Waals surface area (Å²) < 4.78 is 5.22. The number of rotatable bonds is 4. The first-order chi connectivity index (χ1) is 7.65. The van der Waals surface area contributed by atoms with Gasteiger partial charge in [0.2, 0.25) is 0 Å². The van der Waals surface area contributed by atoms with Crippen molar-refractivity contribution in [1.29, 1.82) is 0 Å². The van der Waals surface area contributed by atoms with E-state index in [1.807, 2.05) is 32.0 Å². The van der Waals surface area contributed by atoms with Crippen LogP contribution in [0.1, 0.15) is 13.8 Å². The van der Waals surface area contributed by atoms with Crippen molar-refractivity contribution in [2.24, 2.45) is 5.73 Å². The Bertz CT molecular complexity index is 325. The van der Waals surface area contributed by atoms with Gasteiger partial charge in [-0.3, -0.25) is 0 Å². The van der Waals surface area contributed by atoms with E-state index in [1.54, 1.807) is 17.0 Å². The summed E-state index contributed by atoms with van der Waals surface area (Å²) in [6.07, 6.45) is -0.355. The molecule has 16 heavy (non-hydrogen) atoms. The maximum atomic E-state index is 11.8. The Morgan fingerprint density at radius 3 is 2.50 bits per heavy atom. The molecule has 0 bridgehead atoms. The van der Waals surface area contributed by atoms with Crippen LogP contribution in [0.2, 0.25) is 0 Å². The standard InChI is InChI=1S/C12H18N2O2/c1-10(2)14(9-8-13)12(15)16-11-6-4-3-5-7-11/h3-7,10H,8-9,13H2,1-2H3. The first-order valence-electron chi connectivity index (χ1n) is 5.38. The minimum atomic E-state index is -0.355. The van der Waals surface area contributed by atoms with Crippen LogP contribution in [0.4, 0.5) is 4.79 Å². The molecule has 0 aliphatic heterocycles. The second-order valence-electron chi connectivity index (χ2n) is 3.76. The van der Waals surface area contributed by atoms with Gasteiger partial charge < -0.3 is 15.4 Å². The molecule has 88 valence electrons. The Balaban J connectivity index is 2.62. The van der Waals surface area contributed by atoms with Crippen LogP contribution in [-0.4, -0.2) is 30.1 Å². The number of hydrogen-bond acceptors (Lipinski definition) is 3. The molecule has 0 spiro atoms. The summed E-state index contributed by atoms with van der Waals surface area (Å²) in [5, 5.41) is 0. The highest BCUT2D eigenvalue weighted by Gasteiger charge is 2.17. The van der Waals surface area contributed by atoms with Crippen molar-refractivity contribution in [3.05, 3.63) is 30.3 Å². The highest BCUT2D eigenvalue weighted by atomic mass is 16.6. The molecule has 0 aromatic heterocycles. The summed E-state index contributed by atoms with van der Waals surface area (Å²) in [5.74, 6) is 0.551. The normalized spacial score (nSPS) is 10.2. The third-order valence-corrected chi connectivity index (χ3v) is 2.18. The number of nitrogens with two attached hydrogens (primary N) is 1. The van der Waals surface area contributed by atoms with Gasteiger partial charge in [0.25, 0.3) is 0 Å². The van der Waals surface area contributed by atoms with Gasteiger partial charge in [0.05, 0.1) is 0 Å². The van der Waals surface area contributed by atoms with E-state index in [0.717, 1.165) is 0 Å². The van der Waals surface area contributed by atoms with Crippen LogP contribution in [0.25, 0.3) is 0 Å². The number of carbonyl (C=O) groups is 1. The van der Waals surface area contributed by atoms with E-state index in [9.17, 15) is 4.79 Å². The zero-order valence-corrected chi connectivity index (χ0v) is 9.72. The van der Waals surface area contributed by atoms with Gasteiger partial charge in [-0.25, -0.2) is 4.79 Å². The number of ether oxygens (including phenoxy) is 1. The fourth-order valence-corrected chi connectivity index (χ4v) is 1.35. The fourth-order valence-electron chi connectivity index (χ4n) is 1.35. The Hall–Kier alpha value is -1.55. The molecule has 1 amide bonds. The molecule has 1 aromatic rings. The van der Waals surface area contributed by atoms with Gasteiger partial charge >= 0.3 is 6.09 Å². The lowest BCUT2D eigenvalue weighted by atomic mass is 10.3. The van der Waals surface area contributed by atoms with Gasteiger partial charge in [-0.15, -0.1) is 0 Å². The molecule has 0 unspecified atom stereocenters. The predicted octanol–water partition coefficient (Wildman–Crippen LogP) is 1.85. The Kier molecular flexibility index (Phi) is 4.79. The number of para-hydroxylation sites is 1. The van der Waals surface area contributed by atoms with Crippen LogP contribution in [0.3, 0.4) is 0 Å². The van der Waals surface area contributed by atoms with E-state index in [0.29, 0.717) is 18.8 Å². The molecule has 4 heteroatoms. The molecular weight excluding hydrogens is 204 g/mol. The summed E-state index contributed by atoms with van der Waals surface area (Å²) >= 11 is 0. The van der Waals surface area contributed by atoms with Crippen molar-refractivity contribution >= 4 is 6.09 Å². The molecule has 1 aromatic carbocycles. The van der Waals surface area contributed by atoms with Gasteiger partial charge in [-0.2, -0.15) is 0 Å². The second kappa shape index (κ2) is 6.12. The first-order valence-corrected chi connectivity index (χ1v) is 5.38. The third-order valence-electron chi connectivity index (χ3n) is 2.18. The molecule has 2 N–H and O–H groups in total. The Labute approximate surface area is 96.0 Å². The number of carbonyl (C=O) groups excluding carboxylic acids is 1. The van der Waals surface area contributed by atoms with Crippen LogP contribution in [0.5, 0.6) is 5.75 Å². The molecule has 0 aliphatic rings. The highest BCUT2D eigenvalue weighted by Crippen LogP contribution is 2.11. The smallest absolute Gasteiger partial charge is 0.410 e. The van der Waals surface area contributed by atoms with Gasteiger partial charge in [0.1, 0.15) is 5.75 Å². The number of benzene rings is 1. The Morgan fingerprint density at radius 1 is 1.38 bits per heavy atom. The first kappa shape index (κ1) is 12.5. The quantitative estimate of drug-likeness (QED) is 0.846. The molecule has 4 nitrogen and oxygen atoms in total. The van der Waals surface area contributed by atoms with Crippen molar-refractivity contribution < 1.29 is 9.53 Å². The van der Waals surface area contributed by atoms with E-state index in [1.165, 1.54) is 0 Å². The zero-order chi connectivity index (χ0) is 12.0. The lowest BCUT2D eigenvalue weighted by Gasteiger charge is -2.25. The number of amides is 1. The minimum Gasteiger partial charge on any atom is -0.410 e. The van der Waals surface area contributed by atoms with Crippen LogP contribution < -0.4 is 10.5 Å². The molecule has 0 radical (unpaired) electrons. The van der Waals surface area contributed by atoms with Crippen molar-refractivity contribution in [3.63, 3.8) is 0 Å². The summed E-state index contributed by atoms with van der Waals surface area (Å²) in [4.78, 5) is 13.4. The molecule has 0 saturated heterocycles. The lowest BCUT2D eigenvalue weighted by molar-refractivity contribution is 0.140. The summed E-state index contributed by atoms with van der Waals surface area (Å²) in [6, 6.07) is 9.10. The van der Waals surface area contributed by atoms with Crippen molar-refractivity contribution in [2.75, 3.05) is 13.1 Å². The summed E-state index contributed by atoms with van der Waals surface area (Å²) in [6.45, 7) is 4.80. The second-order valence-corrected chi connectivity index (χ2v) is 3.76.